The number of nitrogens with one attached hydrogen (secondary N) is 2. The molecule has 2 aliphatic rings. The number of hydrogen-bond acceptors (Lipinski definition) is 4. The van der Waals surface area contributed by atoms with Gasteiger partial charge >= 0.3 is 6.09 Å². The first-order valence-corrected chi connectivity index (χ1v) is 9.87. The topological polar surface area (TPSA) is 87.3 Å². The maximum absolute atomic E-state index is 12.3. The van der Waals surface area contributed by atoms with E-state index in [9.17, 15) is 9.59 Å². The van der Waals surface area contributed by atoms with Crippen molar-refractivity contribution < 1.29 is 14.3 Å². The molecule has 148 valence electrons. The lowest BCUT2D eigenvalue weighted by Crippen LogP contribution is -2.33. The highest BCUT2D eigenvalue weighted by Gasteiger charge is 2.33. The van der Waals surface area contributed by atoms with Crippen LogP contribution in [0.5, 0.6) is 0 Å². The van der Waals surface area contributed by atoms with E-state index in [0.29, 0.717) is 19.0 Å². The number of carbonyl (C=O) groups excluding carboxylic acids is 2. The molecule has 2 heterocycles. The summed E-state index contributed by atoms with van der Waals surface area (Å²) in [5.74, 6) is 0.284. The lowest BCUT2D eigenvalue weighted by atomic mass is 9.98. The molecule has 1 saturated heterocycles. The maximum atomic E-state index is 12.3. The zero-order valence-corrected chi connectivity index (χ0v) is 16.5. The van der Waals surface area contributed by atoms with E-state index < -0.39 is 0 Å². The zero-order chi connectivity index (χ0) is 19.8. The summed E-state index contributed by atoms with van der Waals surface area (Å²) >= 11 is 0. The second-order valence-electron chi connectivity index (χ2n) is 7.87. The van der Waals surface area contributed by atoms with Gasteiger partial charge in [0.2, 0.25) is 5.91 Å². The highest BCUT2D eigenvalue weighted by atomic mass is 16.6. The molecule has 1 aliphatic heterocycles. The van der Waals surface area contributed by atoms with E-state index in [2.05, 4.69) is 41.5 Å². The van der Waals surface area contributed by atoms with Gasteiger partial charge in [0.15, 0.2) is 0 Å². The quantitative estimate of drug-likeness (QED) is 0.850. The molecular formula is C21H26N4O3. The van der Waals surface area contributed by atoms with Crippen molar-refractivity contribution in [2.45, 2.75) is 52.1 Å². The van der Waals surface area contributed by atoms with Crippen LogP contribution >= 0.6 is 0 Å². The Morgan fingerprint density at radius 3 is 2.96 bits per heavy atom. The minimum Gasteiger partial charge on any atom is -0.442 e. The molecule has 2 N–H and O–H groups in total. The van der Waals surface area contributed by atoms with E-state index in [1.165, 1.54) is 23.7 Å². The first kappa shape index (κ1) is 18.5. The number of hydrogen-bond donors (Lipinski definition) is 2. The predicted molar refractivity (Wildman–Crippen MR) is 106 cm³/mol. The predicted octanol–water partition coefficient (Wildman–Crippen LogP) is 3.15. The minimum absolute atomic E-state index is 0.130. The molecule has 0 bridgehead atoms. The van der Waals surface area contributed by atoms with Gasteiger partial charge in [0.05, 0.1) is 18.8 Å². The van der Waals surface area contributed by atoms with Gasteiger partial charge in [-0.25, -0.2) is 4.79 Å². The molecule has 0 spiro atoms. The number of ether oxygens (including phenoxy) is 1. The minimum atomic E-state index is -0.369. The van der Waals surface area contributed by atoms with Crippen molar-refractivity contribution in [1.29, 1.82) is 0 Å². The van der Waals surface area contributed by atoms with Gasteiger partial charge in [0, 0.05) is 29.4 Å². The van der Waals surface area contributed by atoms with Gasteiger partial charge in [0.1, 0.15) is 6.10 Å². The van der Waals surface area contributed by atoms with Crippen molar-refractivity contribution in [1.82, 2.24) is 15.5 Å². The van der Waals surface area contributed by atoms with Gasteiger partial charge in [-0.3, -0.25) is 14.8 Å². The standard InChI is InChI=1S/C21H26N4O3/c1-12(2)19-18-6-4-5-14-9-15(7-8-17(14)20(18)24-23-19)25-11-16(28-21(25)27)10-22-13(3)26/h7-9,12,16H,4-6,10-11H2,1-3H3,(H,22,26)(H,23,24). The second-order valence-corrected chi connectivity index (χ2v) is 7.87. The third-order valence-corrected chi connectivity index (χ3v) is 5.46. The molecule has 1 aromatic carbocycles. The Kier molecular flexibility index (Phi) is 4.83. The molecule has 0 saturated carbocycles. The summed E-state index contributed by atoms with van der Waals surface area (Å²) in [5, 5.41) is 10.5. The van der Waals surface area contributed by atoms with E-state index in [1.807, 2.05) is 6.07 Å². The molecule has 1 fully saturated rings. The summed E-state index contributed by atoms with van der Waals surface area (Å²) in [6, 6.07) is 6.10. The Balaban J connectivity index is 1.60. The summed E-state index contributed by atoms with van der Waals surface area (Å²) in [4.78, 5) is 25.1. The summed E-state index contributed by atoms with van der Waals surface area (Å²) in [6.07, 6.45) is 2.31. The fraction of sp³-hybridized carbons (Fsp3) is 0.476. The average Bonchev–Trinajstić information content (AvgIpc) is 3.19. The fourth-order valence-corrected chi connectivity index (χ4v) is 4.07. The average molecular weight is 382 g/mol. The molecule has 1 unspecified atom stereocenters. The number of carbonyl (C=O) groups is 2. The van der Waals surface area contributed by atoms with Crippen LogP contribution in [0.2, 0.25) is 0 Å². The number of aryl methyl sites for hydroxylation is 1. The van der Waals surface area contributed by atoms with Gasteiger partial charge in [-0.1, -0.05) is 19.9 Å². The molecule has 2 aromatic rings. The lowest BCUT2D eigenvalue weighted by Gasteiger charge is -2.16. The number of benzene rings is 1. The van der Waals surface area contributed by atoms with Crippen LogP contribution in [0.3, 0.4) is 0 Å². The maximum Gasteiger partial charge on any atom is 0.414 e. The Bertz CT molecular complexity index is 918. The Morgan fingerprint density at radius 1 is 1.39 bits per heavy atom. The molecule has 28 heavy (non-hydrogen) atoms. The van der Waals surface area contributed by atoms with Crippen LogP contribution < -0.4 is 10.2 Å². The van der Waals surface area contributed by atoms with Gasteiger partial charge in [-0.2, -0.15) is 5.10 Å². The van der Waals surface area contributed by atoms with Gasteiger partial charge in [-0.15, -0.1) is 0 Å². The molecule has 1 aromatic heterocycles. The highest BCUT2D eigenvalue weighted by Crippen LogP contribution is 2.37. The number of aromatic nitrogens is 2. The van der Waals surface area contributed by atoms with Crippen LogP contribution in [0, 0.1) is 0 Å². The van der Waals surface area contributed by atoms with Crippen molar-refractivity contribution >= 4 is 17.7 Å². The van der Waals surface area contributed by atoms with Crippen molar-refractivity contribution in [3.8, 4) is 11.3 Å². The zero-order valence-electron chi connectivity index (χ0n) is 16.5. The first-order valence-electron chi connectivity index (χ1n) is 9.87. The van der Waals surface area contributed by atoms with Crippen LogP contribution in [0.1, 0.15) is 49.9 Å². The number of aromatic amines is 1. The van der Waals surface area contributed by atoms with Gasteiger partial charge in [0.25, 0.3) is 0 Å². The van der Waals surface area contributed by atoms with E-state index in [1.54, 1.807) is 4.90 Å². The lowest BCUT2D eigenvalue weighted by molar-refractivity contribution is -0.119. The number of amides is 2. The van der Waals surface area contributed by atoms with Crippen LogP contribution in [0.4, 0.5) is 10.5 Å². The Morgan fingerprint density at radius 2 is 2.21 bits per heavy atom. The second kappa shape index (κ2) is 7.30. The molecule has 7 heteroatoms. The molecule has 2 amide bonds. The van der Waals surface area contributed by atoms with E-state index in [-0.39, 0.29) is 18.1 Å². The molecule has 7 nitrogen and oxygen atoms in total. The van der Waals surface area contributed by atoms with Crippen LogP contribution in [0.15, 0.2) is 18.2 Å². The van der Waals surface area contributed by atoms with Crippen LogP contribution in [0.25, 0.3) is 11.3 Å². The smallest absolute Gasteiger partial charge is 0.414 e. The molecule has 1 aliphatic carbocycles. The van der Waals surface area contributed by atoms with Crippen LogP contribution in [-0.4, -0.2) is 41.4 Å². The number of H-pyrrole nitrogens is 1. The Labute approximate surface area is 164 Å². The van der Waals surface area contributed by atoms with E-state index in [0.717, 1.165) is 36.2 Å². The fourth-order valence-electron chi connectivity index (χ4n) is 4.07. The van der Waals surface area contributed by atoms with Crippen molar-refractivity contribution in [3.63, 3.8) is 0 Å². The largest absolute Gasteiger partial charge is 0.442 e. The van der Waals surface area contributed by atoms with E-state index >= 15 is 0 Å². The molecule has 4 rings (SSSR count). The third-order valence-electron chi connectivity index (χ3n) is 5.46. The summed E-state index contributed by atoms with van der Waals surface area (Å²) in [6.45, 7) is 6.58. The summed E-state index contributed by atoms with van der Waals surface area (Å²) < 4.78 is 5.39. The van der Waals surface area contributed by atoms with Crippen molar-refractivity contribution in [2.24, 2.45) is 0 Å². The number of anilines is 1. The molecule has 0 radical (unpaired) electrons. The first-order chi connectivity index (χ1) is 13.4. The highest BCUT2D eigenvalue weighted by molar-refractivity contribution is 5.90. The van der Waals surface area contributed by atoms with Gasteiger partial charge in [-0.05, 0) is 42.9 Å². The summed E-state index contributed by atoms with van der Waals surface area (Å²) in [7, 11) is 0. The monoisotopic (exact) mass is 382 g/mol. The van der Waals surface area contributed by atoms with Crippen molar-refractivity contribution in [2.75, 3.05) is 18.0 Å². The van der Waals surface area contributed by atoms with Gasteiger partial charge < -0.3 is 10.1 Å². The third kappa shape index (κ3) is 3.37. The number of rotatable bonds is 4. The van der Waals surface area contributed by atoms with E-state index in [4.69, 9.17) is 4.74 Å². The van der Waals surface area contributed by atoms with Crippen LogP contribution in [-0.2, 0) is 22.4 Å². The Hall–Kier alpha value is -2.83. The number of nitrogens with zero attached hydrogens (tertiary/aromatic N) is 2. The molecular weight excluding hydrogens is 356 g/mol. The SMILES string of the molecule is CC(=O)NCC1CN(c2ccc3c(c2)CCCc2c-3n[nH]c2C(C)C)C(=O)O1. The van der Waals surface area contributed by atoms with Crippen molar-refractivity contribution in [3.05, 3.63) is 35.0 Å². The number of cyclic esters (lactones) is 1. The molecule has 1 atom stereocenters. The number of fused-ring (bicyclic) bond motifs is 3. The summed E-state index contributed by atoms with van der Waals surface area (Å²) in [5.41, 5.74) is 6.75. The normalized spacial score (nSPS) is 18.5.